The summed E-state index contributed by atoms with van der Waals surface area (Å²) in [5, 5.41) is 0. The fourth-order valence-corrected chi connectivity index (χ4v) is 2.11. The maximum atomic E-state index is 5.68. The normalized spacial score (nSPS) is 10.9. The third kappa shape index (κ3) is 4.16. The van der Waals surface area contributed by atoms with Crippen molar-refractivity contribution in [2.75, 3.05) is 6.54 Å². The zero-order valence-corrected chi connectivity index (χ0v) is 11.4. The molecule has 0 bridgehead atoms. The molecule has 0 spiro atoms. The van der Waals surface area contributed by atoms with Crippen molar-refractivity contribution in [2.45, 2.75) is 26.6 Å². The molecule has 0 fully saturated rings. The molecule has 19 heavy (non-hydrogen) atoms. The van der Waals surface area contributed by atoms with Gasteiger partial charge >= 0.3 is 0 Å². The molecular weight excluding hydrogens is 234 g/mol. The molecule has 0 saturated heterocycles. The largest absolute Gasteiger partial charge is 0.326 e. The van der Waals surface area contributed by atoms with E-state index >= 15 is 0 Å². The van der Waals surface area contributed by atoms with Gasteiger partial charge in [0, 0.05) is 25.8 Å². The molecule has 0 amide bonds. The third-order valence-electron chi connectivity index (χ3n) is 3.19. The first-order valence-corrected chi connectivity index (χ1v) is 6.72. The minimum Gasteiger partial charge on any atom is -0.326 e. The van der Waals surface area contributed by atoms with Gasteiger partial charge in [-0.1, -0.05) is 37.3 Å². The highest BCUT2D eigenvalue weighted by Gasteiger charge is 2.06. The first kappa shape index (κ1) is 13.7. The van der Waals surface area contributed by atoms with Crippen LogP contribution in [0.5, 0.6) is 0 Å². The van der Waals surface area contributed by atoms with Gasteiger partial charge in [0.05, 0.1) is 5.69 Å². The maximum absolute atomic E-state index is 5.68. The molecule has 0 aliphatic carbocycles. The van der Waals surface area contributed by atoms with E-state index in [1.807, 2.05) is 18.3 Å². The predicted molar refractivity (Wildman–Crippen MR) is 78.4 cm³/mol. The highest BCUT2D eigenvalue weighted by molar-refractivity contribution is 5.23. The average Bonchev–Trinajstić information content (AvgIpc) is 2.48. The Balaban J connectivity index is 2.02. The highest BCUT2D eigenvalue weighted by atomic mass is 15.1. The van der Waals surface area contributed by atoms with Gasteiger partial charge in [-0.2, -0.15) is 0 Å². The molecule has 2 N–H and O–H groups in total. The summed E-state index contributed by atoms with van der Waals surface area (Å²) in [5.74, 6) is 0. The molecule has 1 aromatic heterocycles. The average molecular weight is 255 g/mol. The van der Waals surface area contributed by atoms with Crippen LogP contribution in [0.3, 0.4) is 0 Å². The van der Waals surface area contributed by atoms with Crippen LogP contribution in [0.2, 0.25) is 0 Å². The lowest BCUT2D eigenvalue weighted by atomic mass is 10.1. The standard InChI is InChI=1S/C16H21N3/c1-2-19(13-16-8-3-4-9-18-16)12-15-7-5-6-14(10-15)11-17/h3-10H,2,11-13,17H2,1H3. The van der Waals surface area contributed by atoms with Crippen LogP contribution in [0.25, 0.3) is 0 Å². The van der Waals surface area contributed by atoms with Gasteiger partial charge in [-0.25, -0.2) is 0 Å². The van der Waals surface area contributed by atoms with E-state index in [1.165, 1.54) is 11.1 Å². The van der Waals surface area contributed by atoms with E-state index in [2.05, 4.69) is 47.1 Å². The fourth-order valence-electron chi connectivity index (χ4n) is 2.11. The molecule has 3 nitrogen and oxygen atoms in total. The van der Waals surface area contributed by atoms with Crippen molar-refractivity contribution in [3.63, 3.8) is 0 Å². The lowest BCUT2D eigenvalue weighted by Crippen LogP contribution is -2.22. The summed E-state index contributed by atoms with van der Waals surface area (Å²) >= 11 is 0. The van der Waals surface area contributed by atoms with E-state index in [0.29, 0.717) is 6.54 Å². The molecule has 3 heteroatoms. The summed E-state index contributed by atoms with van der Waals surface area (Å²) in [4.78, 5) is 6.75. The minimum absolute atomic E-state index is 0.597. The van der Waals surface area contributed by atoms with Crippen LogP contribution in [0.15, 0.2) is 48.7 Å². The first-order valence-electron chi connectivity index (χ1n) is 6.72. The van der Waals surface area contributed by atoms with Crippen molar-refractivity contribution in [2.24, 2.45) is 5.73 Å². The van der Waals surface area contributed by atoms with Crippen LogP contribution in [-0.2, 0) is 19.6 Å². The molecule has 0 radical (unpaired) electrons. The Morgan fingerprint density at radius 1 is 1.05 bits per heavy atom. The van der Waals surface area contributed by atoms with E-state index in [0.717, 1.165) is 25.3 Å². The maximum Gasteiger partial charge on any atom is 0.0544 e. The number of rotatable bonds is 6. The Bertz CT molecular complexity index is 496. The summed E-state index contributed by atoms with van der Waals surface area (Å²) < 4.78 is 0. The van der Waals surface area contributed by atoms with E-state index < -0.39 is 0 Å². The monoisotopic (exact) mass is 255 g/mol. The molecule has 0 unspecified atom stereocenters. The van der Waals surface area contributed by atoms with Gasteiger partial charge < -0.3 is 5.73 Å². The Morgan fingerprint density at radius 3 is 2.58 bits per heavy atom. The van der Waals surface area contributed by atoms with Crippen molar-refractivity contribution in [1.29, 1.82) is 0 Å². The molecular formula is C16H21N3. The van der Waals surface area contributed by atoms with E-state index in [-0.39, 0.29) is 0 Å². The van der Waals surface area contributed by atoms with Crippen molar-refractivity contribution in [3.05, 3.63) is 65.5 Å². The Morgan fingerprint density at radius 2 is 1.89 bits per heavy atom. The number of pyridine rings is 1. The summed E-state index contributed by atoms with van der Waals surface area (Å²) in [6, 6.07) is 14.5. The lowest BCUT2D eigenvalue weighted by molar-refractivity contribution is 0.268. The minimum atomic E-state index is 0.597. The number of benzene rings is 1. The van der Waals surface area contributed by atoms with Crippen molar-refractivity contribution < 1.29 is 0 Å². The SMILES string of the molecule is CCN(Cc1cccc(CN)c1)Cc1ccccn1. The molecule has 0 aliphatic heterocycles. The van der Waals surface area contributed by atoms with Crippen molar-refractivity contribution in [1.82, 2.24) is 9.88 Å². The van der Waals surface area contributed by atoms with E-state index in [4.69, 9.17) is 5.73 Å². The number of aromatic nitrogens is 1. The fraction of sp³-hybridized carbons (Fsp3) is 0.312. The Kier molecular flexibility index (Phi) is 5.07. The van der Waals surface area contributed by atoms with Crippen LogP contribution < -0.4 is 5.73 Å². The molecule has 2 rings (SSSR count). The number of hydrogen-bond donors (Lipinski definition) is 1. The van der Waals surface area contributed by atoms with Gasteiger partial charge in [0.15, 0.2) is 0 Å². The second kappa shape index (κ2) is 7.02. The first-order chi connectivity index (χ1) is 9.31. The van der Waals surface area contributed by atoms with Gasteiger partial charge in [0.2, 0.25) is 0 Å². The summed E-state index contributed by atoms with van der Waals surface area (Å²) in [6.45, 7) is 5.59. The summed E-state index contributed by atoms with van der Waals surface area (Å²) in [6.07, 6.45) is 1.85. The van der Waals surface area contributed by atoms with Gasteiger partial charge in [-0.05, 0) is 29.8 Å². The molecule has 0 atom stereocenters. The number of nitrogens with two attached hydrogens (primary N) is 1. The van der Waals surface area contributed by atoms with Crippen LogP contribution in [0.1, 0.15) is 23.7 Å². The molecule has 0 saturated carbocycles. The van der Waals surface area contributed by atoms with E-state index in [9.17, 15) is 0 Å². The predicted octanol–water partition coefficient (Wildman–Crippen LogP) is 2.56. The molecule has 1 heterocycles. The van der Waals surface area contributed by atoms with Gasteiger partial charge in [0.25, 0.3) is 0 Å². The zero-order valence-electron chi connectivity index (χ0n) is 11.4. The highest BCUT2D eigenvalue weighted by Crippen LogP contribution is 2.10. The van der Waals surface area contributed by atoms with Crippen molar-refractivity contribution >= 4 is 0 Å². The third-order valence-corrected chi connectivity index (χ3v) is 3.19. The Labute approximate surface area is 115 Å². The van der Waals surface area contributed by atoms with Gasteiger partial charge in [-0.3, -0.25) is 9.88 Å². The number of hydrogen-bond acceptors (Lipinski definition) is 3. The molecule has 1 aromatic carbocycles. The van der Waals surface area contributed by atoms with Crippen LogP contribution >= 0.6 is 0 Å². The topological polar surface area (TPSA) is 42.1 Å². The quantitative estimate of drug-likeness (QED) is 0.862. The van der Waals surface area contributed by atoms with Crippen LogP contribution in [0.4, 0.5) is 0 Å². The number of nitrogens with zero attached hydrogens (tertiary/aromatic N) is 2. The van der Waals surface area contributed by atoms with Crippen molar-refractivity contribution in [3.8, 4) is 0 Å². The van der Waals surface area contributed by atoms with Crippen LogP contribution in [0, 0.1) is 0 Å². The Hall–Kier alpha value is -1.71. The molecule has 0 aliphatic rings. The van der Waals surface area contributed by atoms with Crippen LogP contribution in [-0.4, -0.2) is 16.4 Å². The van der Waals surface area contributed by atoms with Gasteiger partial charge in [0.1, 0.15) is 0 Å². The molecule has 100 valence electrons. The van der Waals surface area contributed by atoms with E-state index in [1.54, 1.807) is 0 Å². The second-order valence-electron chi connectivity index (χ2n) is 4.65. The summed E-state index contributed by atoms with van der Waals surface area (Å²) in [7, 11) is 0. The zero-order chi connectivity index (χ0) is 13.5. The second-order valence-corrected chi connectivity index (χ2v) is 4.65. The van der Waals surface area contributed by atoms with Gasteiger partial charge in [-0.15, -0.1) is 0 Å². The smallest absolute Gasteiger partial charge is 0.0544 e. The molecule has 2 aromatic rings. The summed E-state index contributed by atoms with van der Waals surface area (Å²) in [5.41, 5.74) is 9.29. The lowest BCUT2D eigenvalue weighted by Gasteiger charge is -2.20.